The molecule has 0 aliphatic rings. The van der Waals surface area contributed by atoms with Crippen molar-refractivity contribution in [3.63, 3.8) is 0 Å². The zero-order valence-electron chi connectivity index (χ0n) is 8.52. The van der Waals surface area contributed by atoms with Crippen LogP contribution >= 0.6 is 0 Å². The second-order valence-corrected chi connectivity index (χ2v) is 3.10. The summed E-state index contributed by atoms with van der Waals surface area (Å²) >= 11 is 0. The predicted molar refractivity (Wildman–Crippen MR) is 51.4 cm³/mol. The summed E-state index contributed by atoms with van der Waals surface area (Å²) in [5.41, 5.74) is 2.52. The average molecular weight is 260 g/mol. The number of benzene rings is 1. The molecule has 8 N–H and O–H groups in total. The first kappa shape index (κ1) is 13.3. The van der Waals surface area contributed by atoms with Gasteiger partial charge in [0.1, 0.15) is 11.1 Å². The smallest absolute Gasteiger partial charge is 0.311 e. The van der Waals surface area contributed by atoms with Crippen LogP contribution in [0.5, 0.6) is 23.0 Å². The molecule has 0 saturated heterocycles. The van der Waals surface area contributed by atoms with E-state index in [9.17, 15) is 30.0 Å². The average Bonchev–Trinajstić information content (AvgIpc) is 2.26. The number of hydrogen-bond donors (Lipinski definition) is 7. The Bertz CT molecular complexity index is 509. The van der Waals surface area contributed by atoms with Gasteiger partial charge in [-0.05, 0) is 0 Å². The van der Waals surface area contributed by atoms with Crippen molar-refractivity contribution in [3.8, 4) is 23.0 Å². The van der Waals surface area contributed by atoms with Gasteiger partial charge >= 0.3 is 5.91 Å². The number of phenolic OH excluding ortho intramolecular Hbond substituents is 2. The summed E-state index contributed by atoms with van der Waals surface area (Å²) in [6.45, 7) is 0. The molecule has 98 valence electrons. The second-order valence-electron chi connectivity index (χ2n) is 3.10. The minimum Gasteiger partial charge on any atom is -0.504 e. The third-order valence-electron chi connectivity index (χ3n) is 2.04. The van der Waals surface area contributed by atoms with Gasteiger partial charge < -0.3 is 26.2 Å². The van der Waals surface area contributed by atoms with Crippen molar-refractivity contribution in [2.45, 2.75) is 0 Å². The largest absolute Gasteiger partial charge is 0.504 e. The van der Waals surface area contributed by atoms with Crippen LogP contribution in [0, 0.1) is 0 Å². The third kappa shape index (κ3) is 1.81. The molecule has 0 unspecified atom stereocenters. The van der Waals surface area contributed by atoms with E-state index in [4.69, 9.17) is 16.1 Å². The Morgan fingerprint density at radius 1 is 0.833 bits per heavy atom. The number of nitrogens with two attached hydrogens (primary N) is 1. The highest BCUT2D eigenvalue weighted by Crippen LogP contribution is 2.46. The Morgan fingerprint density at radius 3 is 1.44 bits per heavy atom. The highest BCUT2D eigenvalue weighted by atomic mass is 16.8. The van der Waals surface area contributed by atoms with Gasteiger partial charge in [0.25, 0.3) is 5.91 Å². The molecular weight excluding hydrogens is 252 g/mol. The van der Waals surface area contributed by atoms with Gasteiger partial charge in [0.05, 0.1) is 0 Å². The number of nitrogens with zero attached hydrogens (tertiary/aromatic N) is 1. The summed E-state index contributed by atoms with van der Waals surface area (Å²) < 4.78 is 0. The molecular formula is C8H8N2O8. The summed E-state index contributed by atoms with van der Waals surface area (Å²) in [5, 5.41) is 53.3. The van der Waals surface area contributed by atoms with Crippen LogP contribution in [-0.4, -0.2) is 47.9 Å². The molecule has 0 bridgehead atoms. The maximum atomic E-state index is 11.1. The number of carbonyl (C=O) groups excluding carboxylic acids is 2. The summed E-state index contributed by atoms with van der Waals surface area (Å²) in [4.78, 5) is 22.0. The Morgan fingerprint density at radius 2 is 1.17 bits per heavy atom. The van der Waals surface area contributed by atoms with E-state index in [1.54, 1.807) is 0 Å². The minimum absolute atomic E-state index is 1.00. The fourth-order valence-electron chi connectivity index (χ4n) is 1.23. The topological polar surface area (TPSA) is 185 Å². The van der Waals surface area contributed by atoms with E-state index in [2.05, 4.69) is 0 Å². The van der Waals surface area contributed by atoms with Crippen LogP contribution in [0.2, 0.25) is 0 Å². The molecule has 0 saturated carbocycles. The van der Waals surface area contributed by atoms with Gasteiger partial charge in [-0.25, -0.2) is 0 Å². The van der Waals surface area contributed by atoms with Crippen molar-refractivity contribution in [1.29, 1.82) is 0 Å². The van der Waals surface area contributed by atoms with Crippen molar-refractivity contribution in [2.75, 3.05) is 0 Å². The minimum atomic E-state index is -1.76. The molecule has 2 amide bonds. The summed E-state index contributed by atoms with van der Waals surface area (Å²) in [6.07, 6.45) is 0. The van der Waals surface area contributed by atoms with Gasteiger partial charge in [-0.15, -0.1) is 0 Å². The fraction of sp³-hybridized carbons (Fsp3) is 0. The van der Waals surface area contributed by atoms with Gasteiger partial charge in [-0.2, -0.15) is 0 Å². The first-order valence-corrected chi connectivity index (χ1v) is 4.21. The van der Waals surface area contributed by atoms with E-state index in [0.29, 0.717) is 0 Å². The van der Waals surface area contributed by atoms with E-state index in [1.807, 2.05) is 0 Å². The summed E-state index contributed by atoms with van der Waals surface area (Å²) in [5.74, 6) is -8.42. The lowest BCUT2D eigenvalue weighted by Gasteiger charge is -2.14. The first-order valence-electron chi connectivity index (χ1n) is 4.21. The van der Waals surface area contributed by atoms with Crippen molar-refractivity contribution in [3.05, 3.63) is 11.1 Å². The first-order chi connectivity index (χ1) is 8.20. The molecule has 10 heteroatoms. The van der Waals surface area contributed by atoms with Crippen LogP contribution in [0.15, 0.2) is 0 Å². The standard InChI is InChI=1S/C8H8N2O8/c9-7(15)1-3(11)5(13)2(6(14)4(1)12)8(16)10(17)18/h11-14,17-18H,(H2,9,15). The van der Waals surface area contributed by atoms with Crippen LogP contribution in [0.1, 0.15) is 20.7 Å². The Labute approximate surface area is 98.3 Å². The second kappa shape index (κ2) is 4.27. The molecule has 18 heavy (non-hydrogen) atoms. The van der Waals surface area contributed by atoms with Gasteiger partial charge in [0.15, 0.2) is 23.0 Å². The molecule has 0 heterocycles. The highest BCUT2D eigenvalue weighted by Gasteiger charge is 2.31. The van der Waals surface area contributed by atoms with Crippen LogP contribution in [0.4, 0.5) is 0 Å². The number of aromatic hydroxyl groups is 4. The normalized spacial score (nSPS) is 10.1. The van der Waals surface area contributed by atoms with Gasteiger partial charge in [-0.3, -0.25) is 20.0 Å². The molecule has 0 aliphatic heterocycles. The molecule has 10 nitrogen and oxygen atoms in total. The van der Waals surface area contributed by atoms with Crippen molar-refractivity contribution < 1.29 is 40.4 Å². The highest BCUT2D eigenvalue weighted by molar-refractivity contribution is 6.06. The number of hydrogen-bond acceptors (Lipinski definition) is 8. The number of hydroxylamine groups is 2. The van der Waals surface area contributed by atoms with E-state index >= 15 is 0 Å². The predicted octanol–water partition coefficient (Wildman–Crippen LogP) is -1.17. The van der Waals surface area contributed by atoms with Crippen molar-refractivity contribution >= 4 is 11.8 Å². The van der Waals surface area contributed by atoms with E-state index in [-0.39, 0.29) is 0 Å². The molecule has 0 fully saturated rings. The monoisotopic (exact) mass is 260 g/mol. The van der Waals surface area contributed by atoms with Gasteiger partial charge in [0.2, 0.25) is 0 Å². The lowest BCUT2D eigenvalue weighted by Crippen LogP contribution is -2.24. The molecule has 0 aliphatic carbocycles. The fourth-order valence-corrected chi connectivity index (χ4v) is 1.23. The van der Waals surface area contributed by atoms with Crippen molar-refractivity contribution in [2.24, 2.45) is 5.73 Å². The van der Waals surface area contributed by atoms with Crippen LogP contribution in [0.25, 0.3) is 0 Å². The Kier molecular flexibility index (Phi) is 3.17. The Balaban J connectivity index is 3.69. The number of primary amides is 1. The van der Waals surface area contributed by atoms with E-state index in [0.717, 1.165) is 0 Å². The maximum Gasteiger partial charge on any atom is 0.311 e. The van der Waals surface area contributed by atoms with Crippen LogP contribution in [0.3, 0.4) is 0 Å². The molecule has 1 aromatic carbocycles. The zero-order valence-corrected chi connectivity index (χ0v) is 8.52. The molecule has 1 rings (SSSR count). The lowest BCUT2D eigenvalue weighted by molar-refractivity contribution is -0.260. The van der Waals surface area contributed by atoms with E-state index < -0.39 is 51.2 Å². The summed E-state index contributed by atoms with van der Waals surface area (Å²) in [7, 11) is 0. The zero-order chi connectivity index (χ0) is 14.2. The van der Waals surface area contributed by atoms with Gasteiger partial charge in [-0.1, -0.05) is 5.23 Å². The number of amides is 2. The molecule has 1 aromatic rings. The number of rotatable bonds is 2. The third-order valence-corrected chi connectivity index (χ3v) is 2.04. The SMILES string of the molecule is NC(=O)c1c(O)c(O)c(C(=O)N(O)O)c(O)c1O. The lowest BCUT2D eigenvalue weighted by atomic mass is 10.0. The molecule has 0 atom stereocenters. The van der Waals surface area contributed by atoms with Crippen molar-refractivity contribution in [1.82, 2.24) is 5.23 Å². The van der Waals surface area contributed by atoms with Crippen LogP contribution in [-0.2, 0) is 0 Å². The van der Waals surface area contributed by atoms with Crippen LogP contribution < -0.4 is 5.73 Å². The Hall–Kier alpha value is -2.72. The summed E-state index contributed by atoms with van der Waals surface area (Å²) in [6, 6.07) is 0. The molecule has 0 spiro atoms. The molecule has 0 radical (unpaired) electrons. The maximum absolute atomic E-state index is 11.1. The van der Waals surface area contributed by atoms with E-state index in [1.165, 1.54) is 0 Å². The molecule has 0 aromatic heterocycles. The quantitative estimate of drug-likeness (QED) is 0.150. The number of phenols is 4. The van der Waals surface area contributed by atoms with Gasteiger partial charge in [0, 0.05) is 0 Å². The number of carbonyl (C=O) groups is 2.